The zero-order valence-corrected chi connectivity index (χ0v) is 14.9. The van der Waals surface area contributed by atoms with Gasteiger partial charge in [-0.1, -0.05) is 30.3 Å². The number of amides is 2. The largest absolute Gasteiger partial charge is 0.343 e. The smallest absolute Gasteiger partial charge is 0.261 e. The van der Waals surface area contributed by atoms with E-state index in [0.717, 1.165) is 22.3 Å². The molecule has 0 saturated carbocycles. The molecule has 1 fully saturated rings. The number of rotatable bonds is 5. The Balaban J connectivity index is 1.77. The maximum atomic E-state index is 12.5. The van der Waals surface area contributed by atoms with Crippen molar-refractivity contribution in [3.8, 4) is 0 Å². The lowest BCUT2D eigenvalue weighted by molar-refractivity contribution is -0.128. The average Bonchev–Trinajstić information content (AvgIpc) is 3.16. The fourth-order valence-electron chi connectivity index (χ4n) is 2.70. The first-order chi connectivity index (χ1) is 11.1. The molecule has 2 heterocycles. The summed E-state index contributed by atoms with van der Waals surface area (Å²) in [5.41, 5.74) is 1.01. The predicted molar refractivity (Wildman–Crippen MR) is 94.5 cm³/mol. The molecule has 0 radical (unpaired) electrons. The number of nitrogens with zero attached hydrogens (tertiary/aromatic N) is 1. The van der Waals surface area contributed by atoms with Crippen LogP contribution in [-0.4, -0.2) is 29.8 Å². The van der Waals surface area contributed by atoms with Crippen molar-refractivity contribution in [2.75, 3.05) is 13.1 Å². The Hall–Kier alpha value is -1.66. The second kappa shape index (κ2) is 7.27. The number of carbonyl (C=O) groups is 2. The molecule has 0 bridgehead atoms. The number of likely N-dealkylation sites (tertiary alicyclic amines) is 1. The Labute approximate surface area is 147 Å². The molecule has 6 heteroatoms. The minimum Gasteiger partial charge on any atom is -0.343 e. The van der Waals surface area contributed by atoms with Gasteiger partial charge in [-0.15, -0.1) is 11.3 Å². The van der Waals surface area contributed by atoms with Gasteiger partial charge in [0.15, 0.2) is 0 Å². The van der Waals surface area contributed by atoms with Crippen molar-refractivity contribution in [1.82, 2.24) is 10.2 Å². The van der Waals surface area contributed by atoms with Crippen LogP contribution in [0.25, 0.3) is 0 Å². The normalized spacial score (nSPS) is 15.7. The fourth-order valence-corrected chi connectivity index (χ4v) is 3.99. The summed E-state index contributed by atoms with van der Waals surface area (Å²) in [6, 6.07) is 13.3. The summed E-state index contributed by atoms with van der Waals surface area (Å²) in [6.07, 6.45) is 1.50. The van der Waals surface area contributed by atoms with Crippen LogP contribution in [0.1, 0.15) is 34.1 Å². The molecule has 1 aromatic heterocycles. The molecule has 1 atom stereocenters. The molecule has 1 aliphatic heterocycles. The molecule has 1 aromatic carbocycles. The van der Waals surface area contributed by atoms with E-state index in [-0.39, 0.29) is 17.9 Å². The number of thiophene rings is 1. The van der Waals surface area contributed by atoms with Gasteiger partial charge in [-0.05, 0) is 40.0 Å². The number of halogens is 1. The Kier molecular flexibility index (Phi) is 5.13. The van der Waals surface area contributed by atoms with Crippen molar-refractivity contribution in [2.45, 2.75) is 18.9 Å². The van der Waals surface area contributed by atoms with Crippen LogP contribution in [0, 0.1) is 0 Å². The highest BCUT2D eigenvalue weighted by atomic mass is 79.9. The molecule has 0 aliphatic carbocycles. The van der Waals surface area contributed by atoms with Crippen LogP contribution in [0.3, 0.4) is 0 Å². The second-order valence-electron chi connectivity index (χ2n) is 5.48. The summed E-state index contributed by atoms with van der Waals surface area (Å²) < 4.78 is 0.925. The van der Waals surface area contributed by atoms with Crippen LogP contribution < -0.4 is 5.32 Å². The molecule has 4 nitrogen and oxygen atoms in total. The summed E-state index contributed by atoms with van der Waals surface area (Å²) in [5.74, 6) is 0.0558. The average molecular weight is 393 g/mol. The van der Waals surface area contributed by atoms with Gasteiger partial charge in [0, 0.05) is 19.5 Å². The molecule has 1 N–H and O–H groups in total. The van der Waals surface area contributed by atoms with Crippen LogP contribution in [0.4, 0.5) is 0 Å². The Morgan fingerprint density at radius 2 is 2.04 bits per heavy atom. The number of carbonyl (C=O) groups excluding carboxylic acids is 2. The zero-order chi connectivity index (χ0) is 16.2. The maximum absolute atomic E-state index is 12.5. The molecular formula is C17H17BrN2O2S. The number of nitrogens with one attached hydrogen (secondary N) is 1. The van der Waals surface area contributed by atoms with Crippen LogP contribution in [0.15, 0.2) is 46.3 Å². The monoisotopic (exact) mass is 392 g/mol. The summed E-state index contributed by atoms with van der Waals surface area (Å²) in [4.78, 5) is 26.9. The van der Waals surface area contributed by atoms with Crippen molar-refractivity contribution < 1.29 is 9.59 Å². The number of hydrogen-bond donors (Lipinski definition) is 1. The van der Waals surface area contributed by atoms with E-state index in [1.54, 1.807) is 6.07 Å². The molecule has 3 rings (SSSR count). The lowest BCUT2D eigenvalue weighted by atomic mass is 10.1. The van der Waals surface area contributed by atoms with Crippen molar-refractivity contribution in [1.29, 1.82) is 0 Å². The number of benzene rings is 1. The van der Waals surface area contributed by atoms with Gasteiger partial charge in [0.1, 0.15) is 0 Å². The van der Waals surface area contributed by atoms with Gasteiger partial charge < -0.3 is 10.2 Å². The molecule has 1 aliphatic rings. The quantitative estimate of drug-likeness (QED) is 0.844. The van der Waals surface area contributed by atoms with E-state index >= 15 is 0 Å². The number of hydrogen-bond acceptors (Lipinski definition) is 3. The van der Waals surface area contributed by atoms with Gasteiger partial charge in [-0.2, -0.15) is 0 Å². The van der Waals surface area contributed by atoms with E-state index in [9.17, 15) is 9.59 Å². The first kappa shape index (κ1) is 16.2. The van der Waals surface area contributed by atoms with E-state index in [1.165, 1.54) is 11.3 Å². The third-order valence-corrected chi connectivity index (χ3v) is 5.50. The molecule has 2 amide bonds. The lowest BCUT2D eigenvalue weighted by Gasteiger charge is -2.25. The van der Waals surface area contributed by atoms with Crippen molar-refractivity contribution in [3.05, 3.63) is 56.7 Å². The summed E-state index contributed by atoms with van der Waals surface area (Å²) in [7, 11) is 0. The Morgan fingerprint density at radius 1 is 1.26 bits per heavy atom. The Bertz CT molecular complexity index is 702. The van der Waals surface area contributed by atoms with Crippen molar-refractivity contribution >= 4 is 39.1 Å². The van der Waals surface area contributed by atoms with Gasteiger partial charge in [0.25, 0.3) is 5.91 Å². The molecule has 120 valence electrons. The van der Waals surface area contributed by atoms with Gasteiger partial charge in [0.05, 0.1) is 14.7 Å². The third kappa shape index (κ3) is 4.00. The highest BCUT2D eigenvalue weighted by molar-refractivity contribution is 9.11. The van der Waals surface area contributed by atoms with Crippen LogP contribution in [0.5, 0.6) is 0 Å². The minimum atomic E-state index is -0.202. The van der Waals surface area contributed by atoms with Gasteiger partial charge in [-0.25, -0.2) is 0 Å². The van der Waals surface area contributed by atoms with Crippen LogP contribution >= 0.6 is 27.3 Å². The van der Waals surface area contributed by atoms with Gasteiger partial charge >= 0.3 is 0 Å². The van der Waals surface area contributed by atoms with Crippen LogP contribution in [0.2, 0.25) is 0 Å². The van der Waals surface area contributed by atoms with E-state index in [1.807, 2.05) is 41.3 Å². The summed E-state index contributed by atoms with van der Waals surface area (Å²) in [5, 5.41) is 3.07. The summed E-state index contributed by atoms with van der Waals surface area (Å²) >= 11 is 4.78. The lowest BCUT2D eigenvalue weighted by Crippen LogP contribution is -2.38. The molecular weight excluding hydrogens is 376 g/mol. The van der Waals surface area contributed by atoms with Crippen molar-refractivity contribution in [3.63, 3.8) is 0 Å². The first-order valence-corrected chi connectivity index (χ1v) is 9.13. The van der Waals surface area contributed by atoms with Gasteiger partial charge in [0.2, 0.25) is 5.91 Å². The van der Waals surface area contributed by atoms with Crippen molar-refractivity contribution in [2.24, 2.45) is 0 Å². The topological polar surface area (TPSA) is 49.4 Å². The van der Waals surface area contributed by atoms with E-state index < -0.39 is 0 Å². The molecule has 0 unspecified atom stereocenters. The zero-order valence-electron chi connectivity index (χ0n) is 12.5. The fraction of sp³-hybridized carbons (Fsp3) is 0.294. The summed E-state index contributed by atoms with van der Waals surface area (Å²) in [6.45, 7) is 1.28. The van der Waals surface area contributed by atoms with Gasteiger partial charge in [-0.3, -0.25) is 9.59 Å². The van der Waals surface area contributed by atoms with E-state index in [0.29, 0.717) is 17.8 Å². The molecule has 23 heavy (non-hydrogen) atoms. The third-order valence-electron chi connectivity index (χ3n) is 3.88. The SMILES string of the molecule is O=C(N[C@H](CN1CCCC1=O)c1ccccc1)c1ccc(Br)s1. The first-order valence-electron chi connectivity index (χ1n) is 7.52. The highest BCUT2D eigenvalue weighted by Gasteiger charge is 2.25. The maximum Gasteiger partial charge on any atom is 0.261 e. The Morgan fingerprint density at radius 3 is 2.65 bits per heavy atom. The molecule has 0 spiro atoms. The molecule has 2 aromatic rings. The molecule has 1 saturated heterocycles. The van der Waals surface area contributed by atoms with Crippen LogP contribution in [-0.2, 0) is 4.79 Å². The standard InChI is InChI=1S/C17H17BrN2O2S/c18-15-9-8-14(23-15)17(22)19-13(12-5-2-1-3-6-12)11-20-10-4-7-16(20)21/h1-3,5-6,8-9,13H,4,7,10-11H2,(H,19,22)/t13-/m1/s1. The predicted octanol–water partition coefficient (Wildman–Crippen LogP) is 3.60. The minimum absolute atomic E-state index is 0.110. The van der Waals surface area contributed by atoms with E-state index in [2.05, 4.69) is 21.2 Å². The second-order valence-corrected chi connectivity index (χ2v) is 7.95. The highest BCUT2D eigenvalue weighted by Crippen LogP contribution is 2.24. The van der Waals surface area contributed by atoms with E-state index in [4.69, 9.17) is 0 Å².